The Morgan fingerprint density at radius 3 is 2.25 bits per heavy atom. The summed E-state index contributed by atoms with van der Waals surface area (Å²) in [7, 11) is -2.71. The van der Waals surface area contributed by atoms with Crippen molar-refractivity contribution < 1.29 is 22.4 Å². The van der Waals surface area contributed by atoms with Crippen molar-refractivity contribution in [1.29, 1.82) is 0 Å². The molecule has 3 aromatic rings. The number of sulfonamides is 1. The van der Waals surface area contributed by atoms with Crippen LogP contribution in [0.1, 0.15) is 23.6 Å². The smallest absolute Gasteiger partial charge is 0.264 e. The molecule has 36 heavy (non-hydrogen) atoms. The molecule has 9 heteroatoms. The van der Waals surface area contributed by atoms with E-state index in [0.717, 1.165) is 9.87 Å². The van der Waals surface area contributed by atoms with Crippen LogP contribution in [0.3, 0.4) is 0 Å². The number of benzene rings is 3. The van der Waals surface area contributed by atoms with Crippen LogP contribution in [0.4, 0.5) is 10.1 Å². The molecule has 0 fully saturated rings. The lowest BCUT2D eigenvalue weighted by molar-refractivity contribution is -0.139. The van der Waals surface area contributed by atoms with Gasteiger partial charge in [0, 0.05) is 19.2 Å². The van der Waals surface area contributed by atoms with Crippen LogP contribution in [0.5, 0.6) is 0 Å². The van der Waals surface area contributed by atoms with Crippen molar-refractivity contribution in [2.75, 3.05) is 17.9 Å². The van der Waals surface area contributed by atoms with E-state index in [1.54, 1.807) is 43.3 Å². The third-order valence-electron chi connectivity index (χ3n) is 5.96. The molecule has 1 N–H and O–H groups in total. The topological polar surface area (TPSA) is 86.8 Å². The number of anilines is 1. The van der Waals surface area contributed by atoms with Gasteiger partial charge in [0.2, 0.25) is 11.8 Å². The minimum Gasteiger partial charge on any atom is -0.357 e. The van der Waals surface area contributed by atoms with Gasteiger partial charge in [0.15, 0.2) is 0 Å². The zero-order valence-electron chi connectivity index (χ0n) is 20.7. The van der Waals surface area contributed by atoms with E-state index in [1.807, 2.05) is 13.0 Å². The van der Waals surface area contributed by atoms with Gasteiger partial charge in [-0.05, 0) is 56.2 Å². The molecule has 0 saturated heterocycles. The Bertz CT molecular complexity index is 1350. The predicted octanol–water partition coefficient (Wildman–Crippen LogP) is 3.80. The van der Waals surface area contributed by atoms with E-state index < -0.39 is 40.2 Å². The first-order valence-electron chi connectivity index (χ1n) is 11.5. The summed E-state index contributed by atoms with van der Waals surface area (Å²) in [6, 6.07) is 18.2. The molecule has 0 radical (unpaired) electrons. The van der Waals surface area contributed by atoms with Gasteiger partial charge in [-0.15, -0.1) is 0 Å². The van der Waals surface area contributed by atoms with Crippen molar-refractivity contribution in [3.63, 3.8) is 0 Å². The second kappa shape index (κ2) is 11.3. The van der Waals surface area contributed by atoms with Crippen molar-refractivity contribution in [3.8, 4) is 0 Å². The molecule has 0 spiro atoms. The Morgan fingerprint density at radius 1 is 0.972 bits per heavy atom. The Morgan fingerprint density at radius 2 is 1.61 bits per heavy atom. The summed E-state index contributed by atoms with van der Waals surface area (Å²) in [5.41, 5.74) is 2.04. The van der Waals surface area contributed by atoms with Crippen LogP contribution in [-0.4, -0.2) is 44.8 Å². The second-order valence-corrected chi connectivity index (χ2v) is 10.4. The van der Waals surface area contributed by atoms with Gasteiger partial charge >= 0.3 is 0 Å². The highest BCUT2D eigenvalue weighted by molar-refractivity contribution is 7.92. The van der Waals surface area contributed by atoms with Crippen LogP contribution < -0.4 is 9.62 Å². The number of nitrogens with one attached hydrogen (secondary N) is 1. The maximum absolute atomic E-state index is 14.5. The molecule has 0 heterocycles. The Hall–Kier alpha value is -3.72. The van der Waals surface area contributed by atoms with Crippen molar-refractivity contribution in [3.05, 3.63) is 95.3 Å². The minimum absolute atomic E-state index is 0.0266. The molecule has 2 amide bonds. The lowest BCUT2D eigenvalue weighted by atomic mass is 10.1. The summed E-state index contributed by atoms with van der Waals surface area (Å²) in [6.07, 6.45) is 0. The van der Waals surface area contributed by atoms with Crippen molar-refractivity contribution >= 4 is 27.5 Å². The highest BCUT2D eigenvalue weighted by Gasteiger charge is 2.33. The summed E-state index contributed by atoms with van der Waals surface area (Å²) in [5.74, 6) is -1.62. The van der Waals surface area contributed by atoms with Crippen LogP contribution in [-0.2, 0) is 26.2 Å². The molecule has 0 aliphatic heterocycles. The van der Waals surface area contributed by atoms with Crippen LogP contribution in [0.15, 0.2) is 77.7 Å². The lowest BCUT2D eigenvalue weighted by Gasteiger charge is -2.32. The van der Waals surface area contributed by atoms with Gasteiger partial charge in [-0.3, -0.25) is 13.9 Å². The third-order valence-corrected chi connectivity index (χ3v) is 7.73. The maximum atomic E-state index is 14.5. The Labute approximate surface area is 211 Å². The largest absolute Gasteiger partial charge is 0.357 e. The van der Waals surface area contributed by atoms with E-state index in [2.05, 4.69) is 5.32 Å². The molecule has 0 saturated carbocycles. The average Bonchev–Trinajstić information content (AvgIpc) is 2.87. The normalized spacial score (nSPS) is 12.0. The molecule has 0 aliphatic carbocycles. The van der Waals surface area contributed by atoms with Crippen molar-refractivity contribution in [2.24, 2.45) is 0 Å². The van der Waals surface area contributed by atoms with Gasteiger partial charge in [0.05, 0.1) is 10.6 Å². The maximum Gasteiger partial charge on any atom is 0.264 e. The number of carbonyl (C=O) groups is 2. The molecule has 0 unspecified atom stereocenters. The molecule has 0 aliphatic rings. The fraction of sp³-hybridized carbons (Fsp3) is 0.259. The van der Waals surface area contributed by atoms with Gasteiger partial charge in [-0.25, -0.2) is 12.8 Å². The fourth-order valence-electron chi connectivity index (χ4n) is 3.82. The quantitative estimate of drug-likeness (QED) is 0.474. The number of nitrogens with zero attached hydrogens (tertiary/aromatic N) is 2. The second-order valence-electron chi connectivity index (χ2n) is 8.52. The van der Waals surface area contributed by atoms with Crippen LogP contribution in [0.25, 0.3) is 0 Å². The molecule has 0 bridgehead atoms. The Balaban J connectivity index is 2.08. The summed E-state index contributed by atoms with van der Waals surface area (Å²) in [4.78, 5) is 27.4. The van der Waals surface area contributed by atoms with E-state index in [0.29, 0.717) is 11.3 Å². The number of halogens is 1. The van der Waals surface area contributed by atoms with Gasteiger partial charge in [-0.2, -0.15) is 0 Å². The molecular formula is C27H30FN3O4S. The SMILES string of the molecule is CNC(=O)[C@H](C)N(Cc1ccccc1F)C(=O)CN(c1cc(C)ccc1C)S(=O)(=O)c1ccccc1. The van der Waals surface area contributed by atoms with E-state index in [-0.39, 0.29) is 17.0 Å². The monoisotopic (exact) mass is 511 g/mol. The number of aryl methyl sites for hydroxylation is 2. The zero-order valence-corrected chi connectivity index (χ0v) is 21.5. The van der Waals surface area contributed by atoms with Gasteiger partial charge in [-0.1, -0.05) is 48.5 Å². The zero-order chi connectivity index (χ0) is 26.5. The molecule has 7 nitrogen and oxygen atoms in total. The summed E-state index contributed by atoms with van der Waals surface area (Å²) < 4.78 is 43.0. The van der Waals surface area contributed by atoms with Crippen LogP contribution in [0, 0.1) is 19.7 Å². The average molecular weight is 512 g/mol. The highest BCUT2D eigenvalue weighted by Crippen LogP contribution is 2.28. The first-order chi connectivity index (χ1) is 17.1. The van der Waals surface area contributed by atoms with Gasteiger partial charge in [0.25, 0.3) is 10.0 Å². The minimum atomic E-state index is -4.14. The number of likely N-dealkylation sites (N-methyl/N-ethyl adjacent to an activating group) is 1. The van der Waals surface area contributed by atoms with Crippen LogP contribution in [0.2, 0.25) is 0 Å². The van der Waals surface area contributed by atoms with E-state index in [9.17, 15) is 22.4 Å². The number of rotatable bonds is 9. The Kier molecular flexibility index (Phi) is 8.47. The van der Waals surface area contributed by atoms with Gasteiger partial charge in [0.1, 0.15) is 18.4 Å². The van der Waals surface area contributed by atoms with Crippen molar-refractivity contribution in [1.82, 2.24) is 10.2 Å². The standard InChI is InChI=1S/C27H30FN3O4S/c1-19-14-15-20(2)25(16-19)31(36(34,35)23-11-6-5-7-12-23)18-26(32)30(21(3)27(33)29-4)17-22-10-8-9-13-24(22)28/h5-16,21H,17-18H2,1-4H3,(H,29,33)/t21-/m0/s1. The van der Waals surface area contributed by atoms with Crippen LogP contribution >= 0.6 is 0 Å². The fourth-order valence-corrected chi connectivity index (χ4v) is 5.31. The third kappa shape index (κ3) is 5.91. The molecular weight excluding hydrogens is 481 g/mol. The summed E-state index contributed by atoms with van der Waals surface area (Å²) in [5, 5.41) is 2.50. The lowest BCUT2D eigenvalue weighted by Crippen LogP contribution is -2.51. The van der Waals surface area contributed by atoms with E-state index in [1.165, 1.54) is 49.2 Å². The summed E-state index contributed by atoms with van der Waals surface area (Å²) >= 11 is 0. The molecule has 0 aromatic heterocycles. The van der Waals surface area contributed by atoms with Crippen molar-refractivity contribution in [2.45, 2.75) is 38.3 Å². The highest BCUT2D eigenvalue weighted by atomic mass is 32.2. The predicted molar refractivity (Wildman–Crippen MR) is 137 cm³/mol. The molecule has 1 atom stereocenters. The number of amides is 2. The molecule has 3 rings (SSSR count). The number of carbonyl (C=O) groups excluding carboxylic acids is 2. The summed E-state index contributed by atoms with van der Waals surface area (Å²) in [6.45, 7) is 4.34. The molecule has 190 valence electrons. The van der Waals surface area contributed by atoms with E-state index >= 15 is 0 Å². The first-order valence-corrected chi connectivity index (χ1v) is 12.9. The van der Waals surface area contributed by atoms with Gasteiger partial charge < -0.3 is 10.2 Å². The number of hydrogen-bond donors (Lipinski definition) is 1. The molecule has 3 aromatic carbocycles. The first kappa shape index (κ1) is 26.9. The van der Waals surface area contributed by atoms with E-state index in [4.69, 9.17) is 0 Å². The number of hydrogen-bond acceptors (Lipinski definition) is 4.